The highest BCUT2D eigenvalue weighted by Crippen LogP contribution is 2.37. The fourth-order valence-corrected chi connectivity index (χ4v) is 9.12. The van der Waals surface area contributed by atoms with E-state index in [4.69, 9.17) is 0 Å². The minimum Gasteiger partial charge on any atom is -0.0610 e. The van der Waals surface area contributed by atoms with E-state index < -0.39 is 0 Å². The molecule has 0 aromatic heterocycles. The van der Waals surface area contributed by atoms with Gasteiger partial charge in [-0.15, -0.1) is 0 Å². The van der Waals surface area contributed by atoms with Gasteiger partial charge in [-0.1, -0.05) is 71.3 Å². The lowest BCUT2D eigenvalue weighted by atomic mass is 9.89. The zero-order chi connectivity index (χ0) is 25.4. The molecule has 4 rings (SSSR count). The van der Waals surface area contributed by atoms with E-state index in [1.807, 2.05) is 0 Å². The van der Waals surface area contributed by atoms with Crippen LogP contribution in [-0.4, -0.2) is 0 Å². The number of rotatable bonds is 4. The second-order valence-corrected chi connectivity index (χ2v) is 12.7. The lowest BCUT2D eigenvalue weighted by molar-refractivity contribution is 1.32. The molecule has 178 valence electrons. The molecule has 0 aliphatic heterocycles. The molecule has 0 atom stereocenters. The van der Waals surface area contributed by atoms with Gasteiger partial charge in [0.2, 0.25) is 0 Å². The summed E-state index contributed by atoms with van der Waals surface area (Å²) in [5.41, 5.74) is 17.7. The molecule has 0 N–H and O–H groups in total. The van der Waals surface area contributed by atoms with Gasteiger partial charge in [0.1, 0.15) is 0 Å². The van der Waals surface area contributed by atoms with E-state index in [9.17, 15) is 0 Å². The molecule has 2 heteroatoms. The van der Waals surface area contributed by atoms with Crippen molar-refractivity contribution in [3.05, 3.63) is 105 Å². The predicted octanol–water partition coefficient (Wildman–Crippen LogP) is 9.55. The molecule has 0 bridgehead atoms. The molecule has 0 unspecified atom stereocenters. The Kier molecular flexibility index (Phi) is 7.47. The lowest BCUT2D eigenvalue weighted by Crippen LogP contribution is -2.08. The van der Waals surface area contributed by atoms with E-state index in [-0.39, 0.29) is 0 Å². The van der Waals surface area contributed by atoms with Crippen molar-refractivity contribution in [2.24, 2.45) is 0 Å². The largest absolute Gasteiger partial charge is 0.0610 e. The molecule has 0 radical (unpaired) electrons. The molecule has 0 saturated carbocycles. The average molecular weight is 495 g/mol. The molecule has 0 saturated heterocycles. The first kappa shape index (κ1) is 25.6. The topological polar surface area (TPSA) is 0 Å². The van der Waals surface area contributed by atoms with Gasteiger partial charge in [0.15, 0.2) is 0 Å². The monoisotopic (exact) mass is 494 g/mol. The van der Waals surface area contributed by atoms with Gasteiger partial charge < -0.3 is 0 Å². The van der Waals surface area contributed by atoms with Gasteiger partial charge in [-0.05, 0) is 134 Å². The van der Waals surface area contributed by atoms with Crippen LogP contribution in [0.25, 0.3) is 22.3 Å². The molecule has 4 aromatic carbocycles. The highest BCUT2D eigenvalue weighted by atomic mass is 31.7. The molecule has 0 aliphatic rings. The van der Waals surface area contributed by atoms with Crippen LogP contribution in [0, 0.1) is 62.3 Å². The van der Waals surface area contributed by atoms with Crippen molar-refractivity contribution in [2.75, 3.05) is 0 Å². The van der Waals surface area contributed by atoms with E-state index >= 15 is 0 Å². The SMILES string of the molecule is Cc1cc(C)c(P=Pc2c(-c3c(C)cc(C)cc3C)cccc2-c2c(C)cc(C)cc2C)c(C)c1. The Hall–Kier alpha value is -2.52. The zero-order valence-corrected chi connectivity index (χ0v) is 24.4. The molecule has 0 spiro atoms. The minimum absolute atomic E-state index is 1.32. The summed E-state index contributed by atoms with van der Waals surface area (Å²) in [5.74, 6) is 0. The Labute approximate surface area is 215 Å². The molecule has 0 heterocycles. The van der Waals surface area contributed by atoms with Gasteiger partial charge in [0.05, 0.1) is 0 Å². The molecular formula is C33H36P2. The first-order chi connectivity index (χ1) is 16.6. The van der Waals surface area contributed by atoms with Crippen LogP contribution in [0.4, 0.5) is 0 Å². The van der Waals surface area contributed by atoms with Crippen molar-refractivity contribution in [1.82, 2.24) is 0 Å². The summed E-state index contributed by atoms with van der Waals surface area (Å²) >= 11 is 0. The van der Waals surface area contributed by atoms with Gasteiger partial charge in [0, 0.05) is 10.6 Å². The lowest BCUT2D eigenvalue weighted by Gasteiger charge is -2.19. The molecule has 0 fully saturated rings. The molecular weight excluding hydrogens is 458 g/mol. The third-order valence-electron chi connectivity index (χ3n) is 6.81. The third kappa shape index (κ3) is 5.21. The predicted molar refractivity (Wildman–Crippen MR) is 159 cm³/mol. The Balaban J connectivity index is 2.05. The molecule has 0 aliphatic carbocycles. The van der Waals surface area contributed by atoms with Gasteiger partial charge in [-0.25, -0.2) is 0 Å². The number of benzene rings is 4. The van der Waals surface area contributed by atoms with Crippen LogP contribution in [0.3, 0.4) is 0 Å². The smallest absolute Gasteiger partial charge is 0.0221 e. The van der Waals surface area contributed by atoms with Gasteiger partial charge >= 0.3 is 0 Å². The number of hydrogen-bond donors (Lipinski definition) is 0. The summed E-state index contributed by atoms with van der Waals surface area (Å²) in [6, 6.07) is 20.8. The Morgan fingerprint density at radius 2 is 0.714 bits per heavy atom. The summed E-state index contributed by atoms with van der Waals surface area (Å²) in [5, 5.41) is 2.88. The summed E-state index contributed by atoms with van der Waals surface area (Å²) in [6.45, 7) is 20.1. The van der Waals surface area contributed by atoms with Crippen LogP contribution in [-0.2, 0) is 0 Å². The maximum atomic E-state index is 2.33. The summed E-state index contributed by atoms with van der Waals surface area (Å²) < 4.78 is 0. The zero-order valence-electron chi connectivity index (χ0n) is 22.6. The van der Waals surface area contributed by atoms with Crippen LogP contribution < -0.4 is 10.6 Å². The highest BCUT2D eigenvalue weighted by Gasteiger charge is 2.17. The van der Waals surface area contributed by atoms with E-state index in [0.717, 1.165) is 0 Å². The Bertz CT molecular complexity index is 1330. The van der Waals surface area contributed by atoms with E-state index in [1.54, 1.807) is 0 Å². The van der Waals surface area contributed by atoms with Gasteiger partial charge in [-0.3, -0.25) is 0 Å². The number of aryl methyl sites for hydroxylation is 9. The number of hydrogen-bond acceptors (Lipinski definition) is 0. The first-order valence-electron chi connectivity index (χ1n) is 12.4. The average Bonchev–Trinajstić information content (AvgIpc) is 2.72. The van der Waals surface area contributed by atoms with Crippen LogP contribution in [0.5, 0.6) is 0 Å². The van der Waals surface area contributed by atoms with E-state index in [2.05, 4.69) is 117 Å². The third-order valence-corrected chi connectivity index (χ3v) is 10.0. The van der Waals surface area contributed by atoms with Crippen LogP contribution in [0.2, 0.25) is 0 Å². The van der Waals surface area contributed by atoms with Gasteiger partial charge in [0.25, 0.3) is 0 Å². The second-order valence-electron chi connectivity index (χ2n) is 10.2. The quantitative estimate of drug-likeness (QED) is 0.248. The minimum atomic E-state index is 1.32. The first-order valence-corrected chi connectivity index (χ1v) is 14.8. The molecule has 35 heavy (non-hydrogen) atoms. The van der Waals surface area contributed by atoms with Crippen molar-refractivity contribution in [2.45, 2.75) is 62.3 Å². The Morgan fingerprint density at radius 1 is 0.400 bits per heavy atom. The molecule has 4 aromatic rings. The summed E-state index contributed by atoms with van der Waals surface area (Å²) in [4.78, 5) is 0. The van der Waals surface area contributed by atoms with Crippen molar-refractivity contribution in [3.8, 4) is 22.3 Å². The van der Waals surface area contributed by atoms with Gasteiger partial charge in [-0.2, -0.15) is 0 Å². The van der Waals surface area contributed by atoms with Crippen molar-refractivity contribution >= 4 is 26.3 Å². The van der Waals surface area contributed by atoms with Crippen molar-refractivity contribution in [1.29, 1.82) is 0 Å². The summed E-state index contributed by atoms with van der Waals surface area (Å²) in [6.07, 6.45) is 0. The maximum Gasteiger partial charge on any atom is 0.0221 e. The molecule has 0 nitrogen and oxygen atoms in total. The Morgan fingerprint density at radius 3 is 1.09 bits per heavy atom. The fraction of sp³-hybridized carbons (Fsp3) is 0.273. The van der Waals surface area contributed by atoms with Crippen molar-refractivity contribution < 1.29 is 0 Å². The maximum absolute atomic E-state index is 2.33. The standard InChI is InChI=1S/C33H36P2/c1-19-13-22(4)30(23(5)14-19)28-11-10-12-29(31-24(6)15-20(2)16-25(31)7)33(28)35-34-32-26(8)17-21(3)18-27(32)9/h10-18H,1-9H3. The van der Waals surface area contributed by atoms with Crippen molar-refractivity contribution in [3.63, 3.8) is 0 Å². The summed E-state index contributed by atoms with van der Waals surface area (Å²) in [7, 11) is 2.65. The normalized spacial score (nSPS) is 11.5. The highest BCUT2D eigenvalue weighted by molar-refractivity contribution is 7.91. The fourth-order valence-electron chi connectivity index (χ4n) is 5.69. The van der Waals surface area contributed by atoms with Crippen LogP contribution in [0.15, 0.2) is 54.6 Å². The molecule has 0 amide bonds. The second kappa shape index (κ2) is 10.2. The van der Waals surface area contributed by atoms with E-state index in [1.165, 1.54) is 98.7 Å². The van der Waals surface area contributed by atoms with Crippen LogP contribution >= 0.6 is 15.7 Å². The van der Waals surface area contributed by atoms with Crippen LogP contribution in [0.1, 0.15) is 50.1 Å². The van der Waals surface area contributed by atoms with E-state index in [0.29, 0.717) is 0 Å².